The molecule has 0 aromatic rings. The summed E-state index contributed by atoms with van der Waals surface area (Å²) in [6.07, 6.45) is 28.8. The Morgan fingerprint density at radius 1 is 0.452 bits per heavy atom. The summed E-state index contributed by atoms with van der Waals surface area (Å²) in [5, 5.41) is 0. The van der Waals surface area contributed by atoms with Gasteiger partial charge in [-0.05, 0) is 50.4 Å². The van der Waals surface area contributed by atoms with Crippen molar-refractivity contribution in [2.45, 2.75) is 196 Å². The normalized spacial score (nSPS) is 13.7. The Kier molecular flexibility index (Phi) is 29.2. The van der Waals surface area contributed by atoms with Crippen LogP contribution in [0.25, 0.3) is 0 Å². The Balaban J connectivity index is 3.68. The van der Waals surface area contributed by atoms with E-state index in [4.69, 9.17) is 9.47 Å². The zero-order chi connectivity index (χ0) is 31.3. The minimum Gasteiger partial charge on any atom is -0.465 e. The van der Waals surface area contributed by atoms with E-state index in [-0.39, 0.29) is 23.8 Å². The maximum Gasteiger partial charge on any atom is 0.308 e. The maximum atomic E-state index is 12.2. The molecule has 0 aliphatic rings. The van der Waals surface area contributed by atoms with Crippen molar-refractivity contribution in [1.82, 2.24) is 0 Å². The van der Waals surface area contributed by atoms with Crippen molar-refractivity contribution in [2.24, 2.45) is 23.7 Å². The van der Waals surface area contributed by atoms with Gasteiger partial charge in [0.15, 0.2) is 0 Å². The van der Waals surface area contributed by atoms with E-state index in [1.807, 2.05) is 0 Å². The standard InChI is InChI=1S/C38H74O4/c1-7-11-27-34(9-3)37(39)41-31-25-21-17-13-15-19-23-29-36(33(5)6)30-24-20-16-14-18-22-26-32-42-38(40)35(10-4)28-12-8-2/h33-36H,7-32H2,1-6H3. The van der Waals surface area contributed by atoms with Crippen LogP contribution in [0.3, 0.4) is 0 Å². The number of carbonyl (C=O) groups is 2. The molecule has 0 saturated heterocycles. The largest absolute Gasteiger partial charge is 0.465 e. The second-order valence-electron chi connectivity index (χ2n) is 13.4. The van der Waals surface area contributed by atoms with Gasteiger partial charge in [-0.15, -0.1) is 0 Å². The lowest BCUT2D eigenvalue weighted by Gasteiger charge is -2.21. The van der Waals surface area contributed by atoms with Crippen LogP contribution in [0.2, 0.25) is 0 Å². The fraction of sp³-hybridized carbons (Fsp3) is 0.947. The molecule has 0 N–H and O–H groups in total. The molecule has 0 rings (SSSR count). The molecule has 0 saturated carbocycles. The summed E-state index contributed by atoms with van der Waals surface area (Å²) in [5.41, 5.74) is 0. The smallest absolute Gasteiger partial charge is 0.308 e. The Labute approximate surface area is 263 Å². The van der Waals surface area contributed by atoms with Gasteiger partial charge in [0.05, 0.1) is 25.0 Å². The van der Waals surface area contributed by atoms with Crippen LogP contribution in [0.15, 0.2) is 0 Å². The van der Waals surface area contributed by atoms with Crippen molar-refractivity contribution in [3.63, 3.8) is 0 Å². The number of hydrogen-bond acceptors (Lipinski definition) is 4. The summed E-state index contributed by atoms with van der Waals surface area (Å²) in [6, 6.07) is 0. The van der Waals surface area contributed by atoms with Gasteiger partial charge in [0, 0.05) is 0 Å². The van der Waals surface area contributed by atoms with Crippen molar-refractivity contribution >= 4 is 11.9 Å². The quantitative estimate of drug-likeness (QED) is 0.0591. The molecular weight excluding hydrogens is 520 g/mol. The first-order valence-electron chi connectivity index (χ1n) is 18.7. The van der Waals surface area contributed by atoms with Crippen molar-refractivity contribution in [2.75, 3.05) is 13.2 Å². The third-order valence-electron chi connectivity index (χ3n) is 9.33. The zero-order valence-electron chi connectivity index (χ0n) is 29.3. The summed E-state index contributed by atoms with van der Waals surface area (Å²) < 4.78 is 11.1. The molecule has 0 heterocycles. The SMILES string of the molecule is CCCCC(CC)C(=O)OCCCCCCCCCC(CCCCCCCCCOC(=O)C(CC)CCCC)C(C)C. The molecular formula is C38H74O4. The molecule has 250 valence electrons. The first-order chi connectivity index (χ1) is 20.4. The Morgan fingerprint density at radius 2 is 0.786 bits per heavy atom. The molecule has 0 aliphatic heterocycles. The van der Waals surface area contributed by atoms with E-state index in [1.54, 1.807) is 0 Å². The third kappa shape index (κ3) is 23.4. The van der Waals surface area contributed by atoms with Gasteiger partial charge >= 0.3 is 11.9 Å². The van der Waals surface area contributed by atoms with Crippen LogP contribution in [0.4, 0.5) is 0 Å². The van der Waals surface area contributed by atoms with Gasteiger partial charge in [-0.2, -0.15) is 0 Å². The van der Waals surface area contributed by atoms with Crippen LogP contribution in [-0.4, -0.2) is 25.2 Å². The van der Waals surface area contributed by atoms with Crippen LogP contribution in [0, 0.1) is 23.7 Å². The molecule has 2 unspecified atom stereocenters. The summed E-state index contributed by atoms with van der Waals surface area (Å²) in [4.78, 5) is 24.3. The van der Waals surface area contributed by atoms with Crippen molar-refractivity contribution in [1.29, 1.82) is 0 Å². The van der Waals surface area contributed by atoms with E-state index in [9.17, 15) is 9.59 Å². The van der Waals surface area contributed by atoms with E-state index < -0.39 is 0 Å². The summed E-state index contributed by atoms with van der Waals surface area (Å²) in [6.45, 7) is 14.6. The monoisotopic (exact) mass is 595 g/mol. The van der Waals surface area contributed by atoms with Crippen LogP contribution in [-0.2, 0) is 19.1 Å². The van der Waals surface area contributed by atoms with Gasteiger partial charge in [0.2, 0.25) is 0 Å². The number of carbonyl (C=O) groups excluding carboxylic acids is 2. The van der Waals surface area contributed by atoms with Gasteiger partial charge in [0.25, 0.3) is 0 Å². The molecule has 2 atom stereocenters. The third-order valence-corrected chi connectivity index (χ3v) is 9.33. The average molecular weight is 595 g/mol. The van der Waals surface area contributed by atoms with Crippen LogP contribution >= 0.6 is 0 Å². The van der Waals surface area contributed by atoms with Gasteiger partial charge in [-0.1, -0.05) is 157 Å². The second kappa shape index (κ2) is 30.0. The molecule has 4 nitrogen and oxygen atoms in total. The maximum absolute atomic E-state index is 12.2. The molecule has 0 spiro atoms. The molecule has 0 radical (unpaired) electrons. The highest BCUT2D eigenvalue weighted by Gasteiger charge is 2.18. The number of unbranched alkanes of at least 4 members (excludes halogenated alkanes) is 14. The van der Waals surface area contributed by atoms with E-state index in [0.717, 1.165) is 76.0 Å². The molecule has 0 aliphatic carbocycles. The summed E-state index contributed by atoms with van der Waals surface area (Å²) in [7, 11) is 0. The number of hydrogen-bond donors (Lipinski definition) is 0. The van der Waals surface area contributed by atoms with E-state index in [0.29, 0.717) is 13.2 Å². The van der Waals surface area contributed by atoms with Crippen LogP contribution < -0.4 is 0 Å². The number of rotatable bonds is 31. The summed E-state index contributed by atoms with van der Waals surface area (Å²) in [5.74, 6) is 1.93. The first kappa shape index (κ1) is 40.9. The van der Waals surface area contributed by atoms with E-state index in [2.05, 4.69) is 41.5 Å². The highest BCUT2D eigenvalue weighted by atomic mass is 16.5. The molecule has 0 fully saturated rings. The molecule has 0 aromatic carbocycles. The molecule has 0 amide bonds. The topological polar surface area (TPSA) is 52.6 Å². The van der Waals surface area contributed by atoms with Crippen LogP contribution in [0.5, 0.6) is 0 Å². The molecule has 4 heteroatoms. The highest BCUT2D eigenvalue weighted by molar-refractivity contribution is 5.72. The van der Waals surface area contributed by atoms with Crippen molar-refractivity contribution < 1.29 is 19.1 Å². The lowest BCUT2D eigenvalue weighted by atomic mass is 9.85. The van der Waals surface area contributed by atoms with Crippen molar-refractivity contribution in [3.05, 3.63) is 0 Å². The Hall–Kier alpha value is -1.06. The predicted molar refractivity (Wildman–Crippen MR) is 181 cm³/mol. The van der Waals surface area contributed by atoms with Gasteiger partial charge in [-0.3, -0.25) is 9.59 Å². The van der Waals surface area contributed by atoms with E-state index >= 15 is 0 Å². The minimum absolute atomic E-state index is 0.0278. The fourth-order valence-electron chi connectivity index (χ4n) is 6.06. The van der Waals surface area contributed by atoms with Gasteiger partial charge < -0.3 is 9.47 Å². The van der Waals surface area contributed by atoms with E-state index in [1.165, 1.54) is 89.9 Å². The summed E-state index contributed by atoms with van der Waals surface area (Å²) >= 11 is 0. The fourth-order valence-corrected chi connectivity index (χ4v) is 6.06. The van der Waals surface area contributed by atoms with Crippen molar-refractivity contribution in [3.8, 4) is 0 Å². The molecule has 0 aromatic heterocycles. The Bertz CT molecular complexity index is 554. The molecule has 0 bridgehead atoms. The first-order valence-corrected chi connectivity index (χ1v) is 18.7. The van der Waals surface area contributed by atoms with Crippen LogP contribution in [0.1, 0.15) is 196 Å². The lowest BCUT2D eigenvalue weighted by molar-refractivity contribution is -0.150. The minimum atomic E-state index is 0.0278. The lowest BCUT2D eigenvalue weighted by Crippen LogP contribution is -2.17. The van der Waals surface area contributed by atoms with Gasteiger partial charge in [0.1, 0.15) is 0 Å². The predicted octanol–water partition coefficient (Wildman–Crippen LogP) is 12.0. The number of esters is 2. The zero-order valence-corrected chi connectivity index (χ0v) is 29.3. The highest BCUT2D eigenvalue weighted by Crippen LogP contribution is 2.26. The second-order valence-corrected chi connectivity index (χ2v) is 13.4. The van der Waals surface area contributed by atoms with Gasteiger partial charge in [-0.25, -0.2) is 0 Å². The average Bonchev–Trinajstić information content (AvgIpc) is 2.98. The Morgan fingerprint density at radius 3 is 1.10 bits per heavy atom. The molecule has 42 heavy (non-hydrogen) atoms. The number of ether oxygens (including phenoxy) is 2.